The predicted molar refractivity (Wildman–Crippen MR) is 77.0 cm³/mol. The van der Waals surface area contributed by atoms with Gasteiger partial charge in [-0.05, 0) is 29.2 Å². The molecular formula is C15H15NO2S. The lowest BCUT2D eigenvalue weighted by Gasteiger charge is -2.10. The van der Waals surface area contributed by atoms with E-state index >= 15 is 0 Å². The monoisotopic (exact) mass is 273 g/mol. The molecule has 0 fully saturated rings. The molecule has 98 valence electrons. The minimum atomic E-state index is -3.70. The van der Waals surface area contributed by atoms with E-state index < -0.39 is 10.0 Å². The van der Waals surface area contributed by atoms with Gasteiger partial charge in [-0.1, -0.05) is 55.1 Å². The summed E-state index contributed by atoms with van der Waals surface area (Å²) in [6, 6.07) is 16.4. The number of hydrogen-bond donors (Lipinski definition) is 1. The second-order valence-electron chi connectivity index (χ2n) is 4.30. The zero-order valence-electron chi connectivity index (χ0n) is 10.4. The first-order valence-electron chi connectivity index (χ1n) is 5.82. The number of benzene rings is 2. The zero-order chi connectivity index (χ0) is 13.9. The largest absolute Gasteiger partial charge is 0.238 e. The lowest BCUT2D eigenvalue weighted by atomic mass is 10.00. The average Bonchev–Trinajstić information content (AvgIpc) is 2.39. The Bertz CT molecular complexity index is 691. The van der Waals surface area contributed by atoms with E-state index in [4.69, 9.17) is 5.14 Å². The van der Waals surface area contributed by atoms with Crippen LogP contribution >= 0.6 is 0 Å². The van der Waals surface area contributed by atoms with E-state index in [1.165, 1.54) is 6.07 Å². The van der Waals surface area contributed by atoms with Gasteiger partial charge >= 0.3 is 0 Å². The summed E-state index contributed by atoms with van der Waals surface area (Å²) in [5.74, 6) is 0. The zero-order valence-corrected chi connectivity index (χ0v) is 11.2. The average molecular weight is 273 g/mol. The highest BCUT2D eigenvalue weighted by atomic mass is 32.2. The number of allylic oxidation sites excluding steroid dienone is 1. The Hall–Kier alpha value is -1.91. The van der Waals surface area contributed by atoms with Crippen LogP contribution in [0, 0.1) is 0 Å². The van der Waals surface area contributed by atoms with E-state index in [1.54, 1.807) is 18.2 Å². The number of primary sulfonamides is 1. The van der Waals surface area contributed by atoms with Crippen LogP contribution in [0.25, 0.3) is 5.57 Å². The van der Waals surface area contributed by atoms with Gasteiger partial charge in [0.2, 0.25) is 10.0 Å². The van der Waals surface area contributed by atoms with Crippen molar-refractivity contribution in [3.05, 3.63) is 72.3 Å². The van der Waals surface area contributed by atoms with Crippen LogP contribution in [0.3, 0.4) is 0 Å². The van der Waals surface area contributed by atoms with Crippen molar-refractivity contribution < 1.29 is 8.42 Å². The number of nitrogens with two attached hydrogens (primary N) is 1. The maximum absolute atomic E-state index is 11.5. The number of rotatable bonds is 4. The fourth-order valence-corrected chi connectivity index (χ4v) is 2.71. The quantitative estimate of drug-likeness (QED) is 0.930. The Morgan fingerprint density at radius 3 is 2.21 bits per heavy atom. The molecule has 0 spiro atoms. The Morgan fingerprint density at radius 2 is 1.58 bits per heavy atom. The Kier molecular flexibility index (Phi) is 3.83. The van der Waals surface area contributed by atoms with E-state index in [-0.39, 0.29) is 4.90 Å². The first-order valence-corrected chi connectivity index (χ1v) is 7.37. The predicted octanol–water partition coefficient (Wildman–Crippen LogP) is 2.59. The Balaban J connectivity index is 2.33. The molecule has 0 unspecified atom stereocenters. The molecule has 0 aliphatic carbocycles. The molecule has 0 saturated heterocycles. The Morgan fingerprint density at radius 1 is 1.00 bits per heavy atom. The topological polar surface area (TPSA) is 60.2 Å². The third-order valence-corrected chi connectivity index (χ3v) is 3.88. The van der Waals surface area contributed by atoms with Gasteiger partial charge in [-0.2, -0.15) is 0 Å². The number of sulfonamides is 1. The van der Waals surface area contributed by atoms with Crippen molar-refractivity contribution in [2.75, 3.05) is 0 Å². The molecule has 4 heteroatoms. The first-order chi connectivity index (χ1) is 8.98. The van der Waals surface area contributed by atoms with Gasteiger partial charge in [-0.15, -0.1) is 0 Å². The molecule has 0 bridgehead atoms. The molecule has 3 nitrogen and oxygen atoms in total. The summed E-state index contributed by atoms with van der Waals surface area (Å²) in [5.41, 5.74) is 2.52. The molecule has 0 heterocycles. The van der Waals surface area contributed by atoms with Crippen molar-refractivity contribution in [3.63, 3.8) is 0 Å². The second-order valence-corrected chi connectivity index (χ2v) is 5.83. The molecular weight excluding hydrogens is 258 g/mol. The van der Waals surface area contributed by atoms with Crippen LogP contribution < -0.4 is 5.14 Å². The van der Waals surface area contributed by atoms with Crippen molar-refractivity contribution in [2.45, 2.75) is 11.3 Å². The summed E-state index contributed by atoms with van der Waals surface area (Å²) in [7, 11) is -3.70. The molecule has 2 N–H and O–H groups in total. The van der Waals surface area contributed by atoms with Crippen molar-refractivity contribution in [1.29, 1.82) is 0 Å². The summed E-state index contributed by atoms with van der Waals surface area (Å²) in [6.07, 6.45) is 0.455. The van der Waals surface area contributed by atoms with Gasteiger partial charge in [0.25, 0.3) is 0 Å². The van der Waals surface area contributed by atoms with Crippen molar-refractivity contribution in [2.24, 2.45) is 5.14 Å². The molecule has 0 aliphatic rings. The van der Waals surface area contributed by atoms with Crippen LogP contribution in [0.1, 0.15) is 11.1 Å². The fraction of sp³-hybridized carbons (Fsp3) is 0.0667. The van der Waals surface area contributed by atoms with Gasteiger partial charge in [0, 0.05) is 0 Å². The maximum Gasteiger partial charge on any atom is 0.238 e. The smallest absolute Gasteiger partial charge is 0.225 e. The van der Waals surface area contributed by atoms with Crippen molar-refractivity contribution in [3.8, 4) is 0 Å². The van der Waals surface area contributed by atoms with Gasteiger partial charge in [0.05, 0.1) is 4.90 Å². The highest BCUT2D eigenvalue weighted by molar-refractivity contribution is 7.89. The van der Waals surface area contributed by atoms with Crippen LogP contribution in [0.15, 0.2) is 66.1 Å². The molecule has 0 aromatic heterocycles. The van der Waals surface area contributed by atoms with E-state index in [2.05, 4.69) is 6.58 Å². The summed E-state index contributed by atoms with van der Waals surface area (Å²) < 4.78 is 23.0. The SMILES string of the molecule is C=C(Cc1ccccc1S(N)(=O)=O)c1ccccc1. The minimum Gasteiger partial charge on any atom is -0.225 e. The standard InChI is InChI=1S/C15H15NO2S/c1-12(13-7-3-2-4-8-13)11-14-9-5-6-10-15(14)19(16,17)18/h2-10H,1,11H2,(H2,16,17,18). The summed E-state index contributed by atoms with van der Waals surface area (Å²) in [4.78, 5) is 0.159. The van der Waals surface area contributed by atoms with Crippen LogP contribution in [0.4, 0.5) is 0 Å². The van der Waals surface area contributed by atoms with Crippen molar-refractivity contribution >= 4 is 15.6 Å². The van der Waals surface area contributed by atoms with Gasteiger partial charge in [-0.25, -0.2) is 13.6 Å². The van der Waals surface area contributed by atoms with E-state index in [0.717, 1.165) is 11.1 Å². The van der Waals surface area contributed by atoms with Crippen molar-refractivity contribution in [1.82, 2.24) is 0 Å². The normalized spacial score (nSPS) is 11.2. The lowest BCUT2D eigenvalue weighted by Crippen LogP contribution is -2.14. The number of hydrogen-bond acceptors (Lipinski definition) is 2. The molecule has 2 aromatic rings. The summed E-state index contributed by atoms with van der Waals surface area (Å²) in [6.45, 7) is 4.01. The molecule has 2 rings (SSSR count). The molecule has 0 saturated carbocycles. The minimum absolute atomic E-state index is 0.159. The van der Waals surface area contributed by atoms with E-state index in [9.17, 15) is 8.42 Å². The van der Waals surface area contributed by atoms with Gasteiger partial charge < -0.3 is 0 Å². The third kappa shape index (κ3) is 3.30. The first kappa shape index (κ1) is 13.5. The second kappa shape index (κ2) is 5.38. The van der Waals surface area contributed by atoms with Gasteiger partial charge in [0.1, 0.15) is 0 Å². The van der Waals surface area contributed by atoms with E-state index in [0.29, 0.717) is 12.0 Å². The molecule has 0 amide bonds. The lowest BCUT2D eigenvalue weighted by molar-refractivity contribution is 0.597. The molecule has 0 aliphatic heterocycles. The Labute approximate surface area is 113 Å². The molecule has 0 atom stereocenters. The van der Waals surface area contributed by atoms with E-state index in [1.807, 2.05) is 30.3 Å². The van der Waals surface area contributed by atoms with Crippen LogP contribution in [-0.4, -0.2) is 8.42 Å². The van der Waals surface area contributed by atoms with Gasteiger partial charge in [-0.3, -0.25) is 0 Å². The van der Waals surface area contributed by atoms with Crippen LogP contribution in [-0.2, 0) is 16.4 Å². The molecule has 19 heavy (non-hydrogen) atoms. The van der Waals surface area contributed by atoms with Crippen LogP contribution in [0.2, 0.25) is 0 Å². The van der Waals surface area contributed by atoms with Gasteiger partial charge in [0.15, 0.2) is 0 Å². The summed E-state index contributed by atoms with van der Waals surface area (Å²) in [5, 5.41) is 5.21. The van der Waals surface area contributed by atoms with Crippen LogP contribution in [0.5, 0.6) is 0 Å². The maximum atomic E-state index is 11.5. The highest BCUT2D eigenvalue weighted by Gasteiger charge is 2.13. The highest BCUT2D eigenvalue weighted by Crippen LogP contribution is 2.22. The summed E-state index contributed by atoms with van der Waals surface area (Å²) >= 11 is 0. The fourth-order valence-electron chi connectivity index (χ4n) is 1.93. The molecule has 0 radical (unpaired) electrons. The third-order valence-electron chi connectivity index (χ3n) is 2.87. The molecule has 2 aromatic carbocycles.